The van der Waals surface area contributed by atoms with Crippen LogP contribution in [0.15, 0.2) is 0 Å². The zero-order valence-electron chi connectivity index (χ0n) is 9.91. The minimum Gasteiger partial charge on any atom is -0.299 e. The number of carbonyl (C=O) groups excluding carboxylic acids is 2. The van der Waals surface area contributed by atoms with Gasteiger partial charge >= 0.3 is 5.97 Å². The second-order valence-corrected chi connectivity index (χ2v) is 3.76. The Labute approximate surface area is 90.9 Å². The van der Waals surface area contributed by atoms with Crippen molar-refractivity contribution >= 4 is 11.8 Å². The molecular formula is C11H20O4. The normalized spacial score (nSPS) is 10.8. The van der Waals surface area contributed by atoms with Crippen LogP contribution < -0.4 is 0 Å². The van der Waals surface area contributed by atoms with E-state index < -0.39 is 5.97 Å². The molecule has 0 heterocycles. The smallest absolute Gasteiger partial charge is 0.299 e. The number of hydrogen-bond donors (Lipinski definition) is 0. The molecule has 0 aromatic rings. The Bertz CT molecular complexity index is 207. The lowest BCUT2D eigenvalue weighted by atomic mass is 9.96. The average molecular weight is 216 g/mol. The van der Waals surface area contributed by atoms with Crippen molar-refractivity contribution in [1.82, 2.24) is 0 Å². The zero-order chi connectivity index (χ0) is 11.8. The SMILES string of the molecule is CCC(CC)C(=O)CC(=O)OOC(C)C. The Morgan fingerprint density at radius 1 is 1.13 bits per heavy atom. The highest BCUT2D eigenvalue weighted by molar-refractivity contribution is 5.96. The first kappa shape index (κ1) is 14.1. The summed E-state index contributed by atoms with van der Waals surface area (Å²) in [5, 5.41) is 0. The van der Waals surface area contributed by atoms with Gasteiger partial charge in [0.25, 0.3) is 0 Å². The first-order valence-corrected chi connectivity index (χ1v) is 5.40. The van der Waals surface area contributed by atoms with E-state index in [-0.39, 0.29) is 24.2 Å². The fourth-order valence-corrected chi connectivity index (χ4v) is 1.21. The summed E-state index contributed by atoms with van der Waals surface area (Å²) in [6, 6.07) is 0. The van der Waals surface area contributed by atoms with Gasteiger partial charge in [-0.2, -0.15) is 4.89 Å². The molecule has 0 aliphatic rings. The Balaban J connectivity index is 3.90. The molecule has 0 saturated heterocycles. The van der Waals surface area contributed by atoms with E-state index in [1.54, 1.807) is 13.8 Å². The van der Waals surface area contributed by atoms with Crippen LogP contribution in [0.25, 0.3) is 0 Å². The number of carbonyl (C=O) groups is 2. The van der Waals surface area contributed by atoms with Gasteiger partial charge in [-0.15, -0.1) is 0 Å². The topological polar surface area (TPSA) is 52.6 Å². The number of ketones is 1. The summed E-state index contributed by atoms with van der Waals surface area (Å²) < 4.78 is 0. The van der Waals surface area contributed by atoms with Crippen LogP contribution in [0, 0.1) is 5.92 Å². The summed E-state index contributed by atoms with van der Waals surface area (Å²) in [4.78, 5) is 31.7. The lowest BCUT2D eigenvalue weighted by molar-refractivity contribution is -0.290. The van der Waals surface area contributed by atoms with Crippen molar-refractivity contribution in [3.05, 3.63) is 0 Å². The average Bonchev–Trinajstić information content (AvgIpc) is 2.16. The molecule has 0 aromatic carbocycles. The van der Waals surface area contributed by atoms with E-state index in [0.717, 1.165) is 12.8 Å². The Morgan fingerprint density at radius 3 is 2.07 bits per heavy atom. The largest absolute Gasteiger partial charge is 0.349 e. The second-order valence-electron chi connectivity index (χ2n) is 3.76. The Morgan fingerprint density at radius 2 is 1.67 bits per heavy atom. The number of Topliss-reactive ketones (excluding diaryl/α,β-unsaturated/α-hetero) is 1. The van der Waals surface area contributed by atoms with E-state index in [9.17, 15) is 9.59 Å². The summed E-state index contributed by atoms with van der Waals surface area (Å²) in [5.74, 6) is -0.727. The fourth-order valence-electron chi connectivity index (χ4n) is 1.21. The van der Waals surface area contributed by atoms with Crippen molar-refractivity contribution in [2.45, 2.75) is 53.1 Å². The maximum absolute atomic E-state index is 11.5. The molecule has 4 heteroatoms. The summed E-state index contributed by atoms with van der Waals surface area (Å²) >= 11 is 0. The third-order valence-corrected chi connectivity index (χ3v) is 2.09. The van der Waals surface area contributed by atoms with Gasteiger partial charge in [-0.05, 0) is 26.7 Å². The maximum atomic E-state index is 11.5. The monoisotopic (exact) mass is 216 g/mol. The van der Waals surface area contributed by atoms with Crippen molar-refractivity contribution in [1.29, 1.82) is 0 Å². The molecule has 0 fully saturated rings. The molecular weight excluding hydrogens is 196 g/mol. The van der Waals surface area contributed by atoms with E-state index in [4.69, 9.17) is 0 Å². The fraction of sp³-hybridized carbons (Fsp3) is 0.818. The first-order valence-electron chi connectivity index (χ1n) is 5.40. The van der Waals surface area contributed by atoms with Gasteiger partial charge in [0.05, 0.1) is 6.10 Å². The van der Waals surface area contributed by atoms with Gasteiger partial charge in [0.2, 0.25) is 0 Å². The summed E-state index contributed by atoms with van der Waals surface area (Å²) in [5.41, 5.74) is 0. The second kappa shape index (κ2) is 7.40. The van der Waals surface area contributed by atoms with Crippen LogP contribution in [-0.4, -0.2) is 17.9 Å². The zero-order valence-corrected chi connectivity index (χ0v) is 9.91. The molecule has 0 aromatic heterocycles. The molecule has 0 aliphatic heterocycles. The van der Waals surface area contributed by atoms with E-state index in [0.29, 0.717) is 0 Å². The predicted molar refractivity (Wildman–Crippen MR) is 56.0 cm³/mol. The lowest BCUT2D eigenvalue weighted by Gasteiger charge is -2.10. The van der Waals surface area contributed by atoms with Crippen molar-refractivity contribution < 1.29 is 19.4 Å². The van der Waals surface area contributed by atoms with Gasteiger partial charge in [0.15, 0.2) is 0 Å². The molecule has 0 atom stereocenters. The van der Waals surface area contributed by atoms with Gasteiger partial charge in [0.1, 0.15) is 12.2 Å². The number of rotatable bonds is 7. The molecule has 0 amide bonds. The number of hydrogen-bond acceptors (Lipinski definition) is 4. The van der Waals surface area contributed by atoms with Crippen LogP contribution in [0.2, 0.25) is 0 Å². The minimum absolute atomic E-state index is 0.0448. The molecule has 0 radical (unpaired) electrons. The predicted octanol–water partition coefficient (Wildman–Crippen LogP) is 2.27. The maximum Gasteiger partial charge on any atom is 0.349 e. The molecule has 0 rings (SSSR count). The summed E-state index contributed by atoms with van der Waals surface area (Å²) in [6.45, 7) is 7.36. The minimum atomic E-state index is -0.611. The summed E-state index contributed by atoms with van der Waals surface area (Å²) in [7, 11) is 0. The Hall–Kier alpha value is -0.900. The highest BCUT2D eigenvalue weighted by atomic mass is 17.2. The molecule has 15 heavy (non-hydrogen) atoms. The third-order valence-electron chi connectivity index (χ3n) is 2.09. The van der Waals surface area contributed by atoms with Crippen LogP contribution in [0.4, 0.5) is 0 Å². The van der Waals surface area contributed by atoms with E-state index >= 15 is 0 Å². The van der Waals surface area contributed by atoms with Gasteiger partial charge in [0, 0.05) is 5.92 Å². The van der Waals surface area contributed by atoms with Gasteiger partial charge < -0.3 is 0 Å². The van der Waals surface area contributed by atoms with Crippen molar-refractivity contribution in [3.8, 4) is 0 Å². The molecule has 0 N–H and O–H groups in total. The van der Waals surface area contributed by atoms with Gasteiger partial charge in [-0.3, -0.25) is 9.68 Å². The molecule has 0 spiro atoms. The summed E-state index contributed by atoms with van der Waals surface area (Å²) in [6.07, 6.45) is 1.14. The molecule has 4 nitrogen and oxygen atoms in total. The van der Waals surface area contributed by atoms with Crippen LogP contribution >= 0.6 is 0 Å². The van der Waals surface area contributed by atoms with E-state index in [1.807, 2.05) is 13.8 Å². The van der Waals surface area contributed by atoms with Crippen LogP contribution in [0.3, 0.4) is 0 Å². The van der Waals surface area contributed by atoms with Gasteiger partial charge in [-0.25, -0.2) is 4.79 Å². The quantitative estimate of drug-likeness (QED) is 0.372. The molecule has 0 unspecified atom stereocenters. The Kier molecular flexibility index (Phi) is 6.96. The van der Waals surface area contributed by atoms with Crippen LogP contribution in [-0.2, 0) is 19.4 Å². The highest BCUT2D eigenvalue weighted by Gasteiger charge is 2.19. The first-order chi connectivity index (χ1) is 7.01. The molecule has 0 bridgehead atoms. The third kappa shape index (κ3) is 6.23. The molecule has 0 saturated carbocycles. The van der Waals surface area contributed by atoms with Crippen LogP contribution in [0.1, 0.15) is 47.0 Å². The standard InChI is InChI=1S/C11H20O4/c1-5-9(6-2)10(12)7-11(13)15-14-8(3)4/h8-9H,5-7H2,1-4H3. The van der Waals surface area contributed by atoms with E-state index in [2.05, 4.69) is 9.78 Å². The molecule has 0 aliphatic carbocycles. The lowest BCUT2D eigenvalue weighted by Crippen LogP contribution is -2.19. The van der Waals surface area contributed by atoms with E-state index in [1.165, 1.54) is 0 Å². The van der Waals surface area contributed by atoms with Crippen molar-refractivity contribution in [3.63, 3.8) is 0 Å². The van der Waals surface area contributed by atoms with Crippen molar-refractivity contribution in [2.24, 2.45) is 5.92 Å². The van der Waals surface area contributed by atoms with Gasteiger partial charge in [-0.1, -0.05) is 13.8 Å². The van der Waals surface area contributed by atoms with Crippen LogP contribution in [0.5, 0.6) is 0 Å². The highest BCUT2D eigenvalue weighted by Crippen LogP contribution is 2.11. The molecule has 88 valence electrons. The van der Waals surface area contributed by atoms with Crippen molar-refractivity contribution in [2.75, 3.05) is 0 Å².